The number of allylic oxidation sites excluding steroid dienone is 1. The number of fused-ring (bicyclic) bond motifs is 1. The molecular formula is C21H14F2O3S. The van der Waals surface area contributed by atoms with Gasteiger partial charge in [-0.1, -0.05) is 12.1 Å². The van der Waals surface area contributed by atoms with Gasteiger partial charge in [0, 0.05) is 17.0 Å². The second-order valence-electron chi connectivity index (χ2n) is 6.06. The van der Waals surface area contributed by atoms with Crippen LogP contribution < -0.4 is 9.47 Å². The average molecular weight is 384 g/mol. The van der Waals surface area contributed by atoms with Crippen molar-refractivity contribution in [2.75, 3.05) is 0 Å². The zero-order chi connectivity index (χ0) is 19.0. The molecule has 0 saturated heterocycles. The highest BCUT2D eigenvalue weighted by Gasteiger charge is 2.30. The van der Waals surface area contributed by atoms with Crippen molar-refractivity contribution < 1.29 is 23.0 Å². The first-order chi connectivity index (χ1) is 13.0. The molecule has 6 heteroatoms. The van der Waals surface area contributed by atoms with E-state index in [0.717, 1.165) is 4.88 Å². The maximum Gasteiger partial charge on any atom is 0.232 e. The fourth-order valence-electron chi connectivity index (χ4n) is 2.89. The van der Waals surface area contributed by atoms with Crippen LogP contribution in [0.15, 0.2) is 53.6 Å². The van der Waals surface area contributed by atoms with Crippen molar-refractivity contribution in [3.8, 4) is 11.5 Å². The van der Waals surface area contributed by atoms with E-state index in [1.165, 1.54) is 29.5 Å². The summed E-state index contributed by atoms with van der Waals surface area (Å²) in [4.78, 5) is 13.5. The van der Waals surface area contributed by atoms with E-state index in [2.05, 4.69) is 0 Å². The monoisotopic (exact) mass is 384 g/mol. The molecule has 0 unspecified atom stereocenters. The fraction of sp³-hybridized carbons (Fsp3) is 0.0952. The molecular weight excluding hydrogens is 370 g/mol. The van der Waals surface area contributed by atoms with Gasteiger partial charge in [-0.3, -0.25) is 4.79 Å². The van der Waals surface area contributed by atoms with Gasteiger partial charge in [0.2, 0.25) is 5.78 Å². The van der Waals surface area contributed by atoms with Gasteiger partial charge in [0.05, 0.1) is 11.1 Å². The molecule has 2 aromatic carbocycles. The number of benzene rings is 2. The van der Waals surface area contributed by atoms with Gasteiger partial charge in [-0.2, -0.15) is 0 Å². The second-order valence-corrected chi connectivity index (χ2v) is 7.04. The number of Topliss-reactive ketones (excluding diaryl/α,β-unsaturated/α-hetero) is 1. The zero-order valence-electron chi connectivity index (χ0n) is 14.3. The molecule has 3 aromatic rings. The summed E-state index contributed by atoms with van der Waals surface area (Å²) < 4.78 is 38.7. The molecule has 0 aliphatic carbocycles. The molecule has 136 valence electrons. The Morgan fingerprint density at radius 2 is 1.93 bits per heavy atom. The van der Waals surface area contributed by atoms with Crippen LogP contribution >= 0.6 is 11.3 Å². The molecule has 1 aromatic heterocycles. The summed E-state index contributed by atoms with van der Waals surface area (Å²) in [6, 6.07) is 10.7. The Kier molecular flexibility index (Phi) is 4.49. The minimum absolute atomic E-state index is 0.147. The van der Waals surface area contributed by atoms with Crippen LogP contribution in [-0.2, 0) is 6.61 Å². The highest BCUT2D eigenvalue weighted by Crippen LogP contribution is 2.38. The van der Waals surface area contributed by atoms with Crippen molar-refractivity contribution in [1.82, 2.24) is 0 Å². The number of rotatable bonds is 4. The summed E-state index contributed by atoms with van der Waals surface area (Å²) >= 11 is 1.50. The molecule has 27 heavy (non-hydrogen) atoms. The predicted octanol–water partition coefficient (Wildman–Crippen LogP) is 5.53. The number of thiophene rings is 1. The molecule has 0 N–H and O–H groups in total. The smallest absolute Gasteiger partial charge is 0.232 e. The molecule has 0 spiro atoms. The van der Waals surface area contributed by atoms with Crippen LogP contribution in [0.25, 0.3) is 6.08 Å². The van der Waals surface area contributed by atoms with Crippen molar-refractivity contribution in [1.29, 1.82) is 0 Å². The first-order valence-electron chi connectivity index (χ1n) is 8.21. The third-order valence-corrected chi connectivity index (χ3v) is 5.02. The normalized spacial score (nSPS) is 14.3. The summed E-state index contributed by atoms with van der Waals surface area (Å²) in [7, 11) is 0. The fourth-order valence-corrected chi connectivity index (χ4v) is 3.54. The lowest BCUT2D eigenvalue weighted by molar-refractivity contribution is 0.101. The Morgan fingerprint density at radius 1 is 1.15 bits per heavy atom. The number of halogens is 2. The minimum atomic E-state index is -0.666. The van der Waals surface area contributed by atoms with Crippen LogP contribution in [0.1, 0.15) is 26.4 Å². The van der Waals surface area contributed by atoms with E-state index in [0.29, 0.717) is 22.6 Å². The minimum Gasteiger partial charge on any atom is -0.489 e. The van der Waals surface area contributed by atoms with Gasteiger partial charge in [0.1, 0.15) is 29.7 Å². The predicted molar refractivity (Wildman–Crippen MR) is 99.1 cm³/mol. The number of carbonyl (C=O) groups excluding carboxylic acids is 1. The van der Waals surface area contributed by atoms with Crippen molar-refractivity contribution in [2.24, 2.45) is 0 Å². The SMILES string of the molecule is Cc1cc(OCc2c(F)cccc2F)cc2c1C(=O)/C(=C/c1cccs1)O2. The Morgan fingerprint density at radius 3 is 2.63 bits per heavy atom. The third kappa shape index (κ3) is 3.36. The number of hydrogen-bond acceptors (Lipinski definition) is 4. The van der Waals surface area contributed by atoms with Crippen molar-refractivity contribution in [2.45, 2.75) is 13.5 Å². The summed E-state index contributed by atoms with van der Waals surface area (Å²) in [6.45, 7) is 1.51. The third-order valence-electron chi connectivity index (χ3n) is 4.21. The lowest BCUT2D eigenvalue weighted by Crippen LogP contribution is -2.02. The summed E-state index contributed by atoms with van der Waals surface area (Å²) in [5.41, 5.74) is 1.00. The number of ketones is 1. The number of ether oxygens (including phenoxy) is 2. The number of hydrogen-bond donors (Lipinski definition) is 0. The quantitative estimate of drug-likeness (QED) is 0.555. The van der Waals surface area contributed by atoms with Crippen LogP contribution in [0.3, 0.4) is 0 Å². The van der Waals surface area contributed by atoms with Crippen molar-refractivity contribution >= 4 is 23.2 Å². The maximum atomic E-state index is 13.7. The van der Waals surface area contributed by atoms with Crippen LogP contribution in [0, 0.1) is 18.6 Å². The summed E-state index contributed by atoms with van der Waals surface area (Å²) in [6.07, 6.45) is 1.70. The van der Waals surface area contributed by atoms with E-state index >= 15 is 0 Å². The van der Waals surface area contributed by atoms with Gasteiger partial charge >= 0.3 is 0 Å². The molecule has 1 aliphatic heterocycles. The van der Waals surface area contributed by atoms with Crippen molar-refractivity contribution in [3.05, 3.63) is 86.8 Å². The first-order valence-corrected chi connectivity index (χ1v) is 9.09. The molecule has 3 nitrogen and oxygen atoms in total. The van der Waals surface area contributed by atoms with Crippen LogP contribution in [0.2, 0.25) is 0 Å². The molecule has 0 radical (unpaired) electrons. The van der Waals surface area contributed by atoms with Gasteiger partial charge in [0.25, 0.3) is 0 Å². The molecule has 0 atom stereocenters. The first kappa shape index (κ1) is 17.4. The van der Waals surface area contributed by atoms with Crippen LogP contribution in [0.5, 0.6) is 11.5 Å². The highest BCUT2D eigenvalue weighted by molar-refractivity contribution is 7.10. The number of aryl methyl sites for hydroxylation is 1. The molecule has 2 heterocycles. The Hall–Kier alpha value is -2.99. The van der Waals surface area contributed by atoms with Crippen molar-refractivity contribution in [3.63, 3.8) is 0 Å². The molecule has 4 rings (SSSR count). The molecule has 0 amide bonds. The molecule has 0 bridgehead atoms. The molecule has 1 aliphatic rings. The molecule has 0 fully saturated rings. The Bertz CT molecular complexity index is 1040. The standard InChI is InChI=1S/C21H14F2O3S/c1-12-8-13(25-11-15-16(22)5-2-6-17(15)23)9-18-20(12)21(24)19(26-18)10-14-4-3-7-27-14/h2-10H,11H2,1H3/b19-10-. The lowest BCUT2D eigenvalue weighted by Gasteiger charge is -2.10. The topological polar surface area (TPSA) is 35.5 Å². The van der Waals surface area contributed by atoms with Crippen LogP contribution in [0.4, 0.5) is 8.78 Å². The van der Waals surface area contributed by atoms with E-state index in [1.807, 2.05) is 17.5 Å². The van der Waals surface area contributed by atoms with E-state index in [-0.39, 0.29) is 23.7 Å². The van der Waals surface area contributed by atoms with Crippen LogP contribution in [-0.4, -0.2) is 5.78 Å². The van der Waals surface area contributed by atoms with E-state index in [9.17, 15) is 13.6 Å². The van der Waals surface area contributed by atoms with Gasteiger partial charge in [-0.05, 0) is 42.1 Å². The van der Waals surface area contributed by atoms with Gasteiger partial charge in [-0.15, -0.1) is 11.3 Å². The molecule has 0 saturated carbocycles. The lowest BCUT2D eigenvalue weighted by atomic mass is 10.0. The van der Waals surface area contributed by atoms with Gasteiger partial charge in [0.15, 0.2) is 5.76 Å². The summed E-state index contributed by atoms with van der Waals surface area (Å²) in [5, 5.41) is 1.91. The van der Waals surface area contributed by atoms with E-state index in [4.69, 9.17) is 9.47 Å². The average Bonchev–Trinajstić information content (AvgIpc) is 3.23. The van der Waals surface area contributed by atoms with E-state index < -0.39 is 11.6 Å². The zero-order valence-corrected chi connectivity index (χ0v) is 15.1. The highest BCUT2D eigenvalue weighted by atomic mass is 32.1. The number of carbonyl (C=O) groups is 1. The summed E-state index contributed by atoms with van der Waals surface area (Å²) in [5.74, 6) is -0.526. The van der Waals surface area contributed by atoms with Gasteiger partial charge < -0.3 is 9.47 Å². The Balaban J connectivity index is 1.59. The van der Waals surface area contributed by atoms with Gasteiger partial charge in [-0.25, -0.2) is 8.78 Å². The largest absolute Gasteiger partial charge is 0.489 e. The second kappa shape index (κ2) is 6.96. The van der Waals surface area contributed by atoms with E-state index in [1.54, 1.807) is 25.1 Å². The Labute approximate surface area is 158 Å². The maximum absolute atomic E-state index is 13.7.